The summed E-state index contributed by atoms with van der Waals surface area (Å²) in [7, 11) is 0. The van der Waals surface area contributed by atoms with E-state index >= 15 is 0 Å². The number of anilines is 1. The molecule has 0 atom stereocenters. The monoisotopic (exact) mass is 150 g/mol. The van der Waals surface area contributed by atoms with Gasteiger partial charge in [-0.3, -0.25) is 0 Å². The van der Waals surface area contributed by atoms with Crippen LogP contribution in [0.2, 0.25) is 0 Å². The van der Waals surface area contributed by atoms with Crippen molar-refractivity contribution in [3.8, 4) is 0 Å². The second-order valence-electron chi connectivity index (χ2n) is 2.32. The second kappa shape index (κ2) is 4.66. The van der Waals surface area contributed by atoms with Crippen LogP contribution in [0.3, 0.4) is 0 Å². The lowest BCUT2D eigenvalue weighted by Gasteiger charge is -2.01. The number of unbranched alkanes of at least 4 members (excludes halogenated alkanes) is 1. The van der Waals surface area contributed by atoms with Crippen molar-refractivity contribution >= 4 is 5.82 Å². The molecule has 1 rings (SSSR count). The third-order valence-electron chi connectivity index (χ3n) is 1.37. The number of hydrogen-bond acceptors (Lipinski definition) is 3. The van der Waals surface area contributed by atoms with Gasteiger partial charge < -0.3 is 5.32 Å². The van der Waals surface area contributed by atoms with E-state index in [2.05, 4.69) is 28.5 Å². The number of hydrogen-bond donors (Lipinski definition) is 1. The molecule has 3 heteroatoms. The quantitative estimate of drug-likeness (QED) is 0.661. The molecule has 0 aromatic carbocycles. The van der Waals surface area contributed by atoms with E-state index in [0.717, 1.165) is 12.4 Å². The van der Waals surface area contributed by atoms with Crippen molar-refractivity contribution < 1.29 is 0 Å². The predicted molar refractivity (Wildman–Crippen MR) is 44.3 cm³/mol. The molecule has 1 aromatic heterocycles. The van der Waals surface area contributed by atoms with Crippen LogP contribution < -0.4 is 5.32 Å². The summed E-state index contributed by atoms with van der Waals surface area (Å²) >= 11 is 0. The van der Waals surface area contributed by atoms with Gasteiger partial charge in [-0.15, -0.1) is 0 Å². The Kier molecular flexibility index (Phi) is 3.38. The molecular formula is C8H12N3. The molecular weight excluding hydrogens is 138 g/mol. The molecule has 0 aliphatic carbocycles. The molecule has 1 radical (unpaired) electrons. The Balaban J connectivity index is 2.28. The topological polar surface area (TPSA) is 37.8 Å². The maximum Gasteiger partial charge on any atom is 0.199 e. The first-order valence-corrected chi connectivity index (χ1v) is 3.86. The van der Waals surface area contributed by atoms with Crippen LogP contribution in [0.4, 0.5) is 5.82 Å². The molecule has 0 aliphatic rings. The molecule has 0 aliphatic heterocycles. The van der Waals surface area contributed by atoms with Crippen molar-refractivity contribution in [3.05, 3.63) is 18.6 Å². The Morgan fingerprint density at radius 3 is 3.18 bits per heavy atom. The molecule has 1 heterocycles. The molecule has 0 unspecified atom stereocenters. The van der Waals surface area contributed by atoms with Crippen molar-refractivity contribution in [2.24, 2.45) is 0 Å². The highest BCUT2D eigenvalue weighted by Crippen LogP contribution is 1.97. The highest BCUT2D eigenvalue weighted by Gasteiger charge is 1.88. The molecule has 0 bridgehead atoms. The maximum absolute atomic E-state index is 3.90. The van der Waals surface area contributed by atoms with Gasteiger partial charge in [-0.1, -0.05) is 13.3 Å². The van der Waals surface area contributed by atoms with Crippen molar-refractivity contribution in [3.63, 3.8) is 0 Å². The van der Waals surface area contributed by atoms with E-state index in [1.165, 1.54) is 12.8 Å². The molecule has 3 nitrogen and oxygen atoms in total. The summed E-state index contributed by atoms with van der Waals surface area (Å²) in [5.74, 6) is 0.855. The van der Waals surface area contributed by atoms with Crippen molar-refractivity contribution in [1.82, 2.24) is 9.97 Å². The van der Waals surface area contributed by atoms with Crippen LogP contribution in [0, 0.1) is 6.33 Å². The van der Waals surface area contributed by atoms with Gasteiger partial charge in [-0.05, 0) is 12.5 Å². The summed E-state index contributed by atoms with van der Waals surface area (Å²) < 4.78 is 0. The lowest BCUT2D eigenvalue weighted by molar-refractivity contribution is 0.830. The predicted octanol–water partition coefficient (Wildman–Crippen LogP) is 1.49. The average Bonchev–Trinajstić information content (AvgIpc) is 2.07. The Bertz CT molecular complexity index is 186. The van der Waals surface area contributed by atoms with Gasteiger partial charge in [-0.2, -0.15) is 0 Å². The minimum Gasteiger partial charge on any atom is -0.370 e. The van der Waals surface area contributed by atoms with Crippen molar-refractivity contribution in [2.45, 2.75) is 19.8 Å². The SMILES string of the molecule is CCCCNc1ccn[c]n1. The van der Waals surface area contributed by atoms with E-state index in [1.54, 1.807) is 6.20 Å². The standard InChI is InChI=1S/C8H12N3/c1-2-3-5-10-8-4-6-9-7-11-8/h4,6H,2-3,5H2,1H3,(H,9,10,11). The van der Waals surface area contributed by atoms with Gasteiger partial charge in [0.2, 0.25) is 0 Å². The first kappa shape index (κ1) is 7.98. The van der Waals surface area contributed by atoms with Gasteiger partial charge in [-0.25, -0.2) is 9.97 Å². The van der Waals surface area contributed by atoms with Crippen molar-refractivity contribution in [2.75, 3.05) is 11.9 Å². The van der Waals surface area contributed by atoms with Gasteiger partial charge in [0, 0.05) is 12.7 Å². The summed E-state index contributed by atoms with van der Waals surface area (Å²) in [6.45, 7) is 3.13. The van der Waals surface area contributed by atoms with Gasteiger partial charge >= 0.3 is 0 Å². The molecule has 0 amide bonds. The average molecular weight is 150 g/mol. The van der Waals surface area contributed by atoms with Gasteiger partial charge in [0.15, 0.2) is 6.33 Å². The van der Waals surface area contributed by atoms with Crippen LogP contribution in [0.15, 0.2) is 12.3 Å². The van der Waals surface area contributed by atoms with E-state index in [0.29, 0.717) is 0 Å². The van der Waals surface area contributed by atoms with Crippen LogP contribution in [-0.2, 0) is 0 Å². The largest absolute Gasteiger partial charge is 0.370 e. The molecule has 11 heavy (non-hydrogen) atoms. The third kappa shape index (κ3) is 2.98. The summed E-state index contributed by atoms with van der Waals surface area (Å²) in [5.41, 5.74) is 0. The van der Waals surface area contributed by atoms with E-state index in [-0.39, 0.29) is 0 Å². The molecule has 0 spiro atoms. The first-order chi connectivity index (χ1) is 5.43. The van der Waals surface area contributed by atoms with E-state index < -0.39 is 0 Å². The second-order valence-corrected chi connectivity index (χ2v) is 2.32. The Hall–Kier alpha value is -1.12. The zero-order valence-electron chi connectivity index (χ0n) is 6.67. The fourth-order valence-corrected chi connectivity index (χ4v) is 0.753. The van der Waals surface area contributed by atoms with Gasteiger partial charge in [0.25, 0.3) is 0 Å². The lowest BCUT2D eigenvalue weighted by atomic mass is 10.3. The summed E-state index contributed by atoms with van der Waals surface area (Å²) in [5, 5.41) is 3.16. The molecule has 0 saturated heterocycles. The number of nitrogens with one attached hydrogen (secondary N) is 1. The number of aromatic nitrogens is 2. The summed E-state index contributed by atoms with van der Waals surface area (Å²) in [4.78, 5) is 7.60. The Morgan fingerprint density at radius 2 is 2.55 bits per heavy atom. The minimum absolute atomic E-state index is 0.855. The number of nitrogens with zero attached hydrogens (tertiary/aromatic N) is 2. The Morgan fingerprint density at radius 1 is 1.64 bits per heavy atom. The molecule has 0 fully saturated rings. The normalized spacial score (nSPS) is 9.55. The number of rotatable bonds is 4. The zero-order chi connectivity index (χ0) is 7.94. The Labute approximate surface area is 66.9 Å². The van der Waals surface area contributed by atoms with Crippen LogP contribution in [0.5, 0.6) is 0 Å². The van der Waals surface area contributed by atoms with E-state index in [4.69, 9.17) is 0 Å². The van der Waals surface area contributed by atoms with Crippen molar-refractivity contribution in [1.29, 1.82) is 0 Å². The minimum atomic E-state index is 0.855. The lowest BCUT2D eigenvalue weighted by Crippen LogP contribution is -2.02. The van der Waals surface area contributed by atoms with E-state index in [1.807, 2.05) is 6.07 Å². The maximum atomic E-state index is 3.90. The van der Waals surface area contributed by atoms with Crippen LogP contribution >= 0.6 is 0 Å². The fraction of sp³-hybridized carbons (Fsp3) is 0.500. The highest BCUT2D eigenvalue weighted by atomic mass is 15.0. The smallest absolute Gasteiger partial charge is 0.199 e. The first-order valence-electron chi connectivity index (χ1n) is 3.86. The van der Waals surface area contributed by atoms with Crippen LogP contribution in [0.25, 0.3) is 0 Å². The molecule has 59 valence electrons. The third-order valence-corrected chi connectivity index (χ3v) is 1.37. The molecule has 0 saturated carbocycles. The van der Waals surface area contributed by atoms with Crippen LogP contribution in [0.1, 0.15) is 19.8 Å². The van der Waals surface area contributed by atoms with Gasteiger partial charge in [0.05, 0.1) is 0 Å². The molecule has 1 aromatic rings. The van der Waals surface area contributed by atoms with E-state index in [9.17, 15) is 0 Å². The summed E-state index contributed by atoms with van der Waals surface area (Å²) in [6, 6.07) is 1.84. The zero-order valence-corrected chi connectivity index (χ0v) is 6.67. The van der Waals surface area contributed by atoms with Gasteiger partial charge in [0.1, 0.15) is 5.82 Å². The highest BCUT2D eigenvalue weighted by molar-refractivity contribution is 5.30. The fourth-order valence-electron chi connectivity index (χ4n) is 0.753. The summed E-state index contributed by atoms with van der Waals surface area (Å²) in [6.07, 6.45) is 6.57. The molecule has 1 N–H and O–H groups in total. The van der Waals surface area contributed by atoms with Crippen LogP contribution in [-0.4, -0.2) is 16.5 Å².